The lowest BCUT2D eigenvalue weighted by atomic mass is 9.97. The van der Waals surface area contributed by atoms with Crippen LogP contribution in [0.5, 0.6) is 0 Å². The van der Waals surface area contributed by atoms with Crippen LogP contribution in [0.2, 0.25) is 0 Å². The van der Waals surface area contributed by atoms with E-state index in [-0.39, 0.29) is 17.7 Å². The fourth-order valence-electron chi connectivity index (χ4n) is 3.47. The SMILES string of the molecule is CN(C)S(=O)(=O)N1CCC(C(=O)Nc2ccc(N3CCCC3=O)cc2)CC1. The molecule has 1 aromatic carbocycles. The fraction of sp³-hybridized carbons (Fsp3) is 0.556. The van der Waals surface area contributed by atoms with E-state index in [4.69, 9.17) is 0 Å². The zero-order chi connectivity index (χ0) is 19.6. The number of carbonyl (C=O) groups excluding carboxylic acids is 2. The molecule has 148 valence electrons. The predicted molar refractivity (Wildman–Crippen MR) is 104 cm³/mol. The predicted octanol–water partition coefficient (Wildman–Crippen LogP) is 1.27. The van der Waals surface area contributed by atoms with E-state index in [1.54, 1.807) is 17.0 Å². The molecule has 1 aromatic rings. The molecule has 1 N–H and O–H groups in total. The van der Waals surface area contributed by atoms with Gasteiger partial charge in [-0.3, -0.25) is 9.59 Å². The molecule has 2 amide bonds. The van der Waals surface area contributed by atoms with Gasteiger partial charge in [0.1, 0.15) is 0 Å². The van der Waals surface area contributed by atoms with Crippen LogP contribution in [0.25, 0.3) is 0 Å². The minimum atomic E-state index is -3.42. The highest BCUT2D eigenvalue weighted by atomic mass is 32.2. The molecule has 0 unspecified atom stereocenters. The van der Waals surface area contributed by atoms with Crippen molar-refractivity contribution in [2.45, 2.75) is 25.7 Å². The van der Waals surface area contributed by atoms with Crippen molar-refractivity contribution in [1.29, 1.82) is 0 Å². The molecule has 8 nitrogen and oxygen atoms in total. The second kappa shape index (κ2) is 7.95. The van der Waals surface area contributed by atoms with E-state index in [1.165, 1.54) is 22.7 Å². The van der Waals surface area contributed by atoms with Crippen molar-refractivity contribution in [3.05, 3.63) is 24.3 Å². The number of anilines is 2. The van der Waals surface area contributed by atoms with Gasteiger partial charge in [-0.15, -0.1) is 0 Å². The summed E-state index contributed by atoms with van der Waals surface area (Å²) in [6.45, 7) is 1.42. The summed E-state index contributed by atoms with van der Waals surface area (Å²) in [5.74, 6) is -0.174. The van der Waals surface area contributed by atoms with E-state index in [9.17, 15) is 18.0 Å². The smallest absolute Gasteiger partial charge is 0.281 e. The van der Waals surface area contributed by atoms with Crippen LogP contribution in [0.3, 0.4) is 0 Å². The van der Waals surface area contributed by atoms with Gasteiger partial charge in [0.05, 0.1) is 0 Å². The lowest BCUT2D eigenvalue weighted by Crippen LogP contribution is -2.46. The van der Waals surface area contributed by atoms with Gasteiger partial charge in [0.15, 0.2) is 0 Å². The third-order valence-corrected chi connectivity index (χ3v) is 7.07. The van der Waals surface area contributed by atoms with Crippen LogP contribution in [-0.4, -0.2) is 62.6 Å². The number of carbonyl (C=O) groups is 2. The van der Waals surface area contributed by atoms with Crippen molar-refractivity contribution in [2.24, 2.45) is 5.92 Å². The Labute approximate surface area is 160 Å². The Morgan fingerprint density at radius 2 is 1.74 bits per heavy atom. The molecular formula is C18H26N4O4S. The van der Waals surface area contributed by atoms with Crippen molar-refractivity contribution in [1.82, 2.24) is 8.61 Å². The molecule has 0 aromatic heterocycles. The first-order valence-electron chi connectivity index (χ1n) is 9.18. The van der Waals surface area contributed by atoms with Crippen molar-refractivity contribution in [2.75, 3.05) is 43.9 Å². The monoisotopic (exact) mass is 394 g/mol. The lowest BCUT2D eigenvalue weighted by molar-refractivity contribution is -0.121. The highest BCUT2D eigenvalue weighted by Gasteiger charge is 2.32. The largest absolute Gasteiger partial charge is 0.326 e. The number of nitrogens with zero attached hydrogens (tertiary/aromatic N) is 3. The zero-order valence-corrected chi connectivity index (χ0v) is 16.5. The summed E-state index contributed by atoms with van der Waals surface area (Å²) in [6, 6.07) is 7.27. The molecule has 0 bridgehead atoms. The van der Waals surface area contributed by atoms with Gasteiger partial charge in [0.25, 0.3) is 10.2 Å². The van der Waals surface area contributed by atoms with Gasteiger partial charge in [-0.25, -0.2) is 0 Å². The Bertz CT molecular complexity index is 799. The molecule has 0 spiro atoms. The molecule has 0 atom stereocenters. The Hall–Kier alpha value is -1.97. The number of piperidine rings is 1. The van der Waals surface area contributed by atoms with Crippen LogP contribution in [0.4, 0.5) is 11.4 Å². The first-order valence-corrected chi connectivity index (χ1v) is 10.6. The Morgan fingerprint density at radius 1 is 1.11 bits per heavy atom. The van der Waals surface area contributed by atoms with E-state index < -0.39 is 10.2 Å². The van der Waals surface area contributed by atoms with Crippen LogP contribution in [0.1, 0.15) is 25.7 Å². The Morgan fingerprint density at radius 3 is 2.26 bits per heavy atom. The second-order valence-corrected chi connectivity index (χ2v) is 9.29. The molecule has 0 aliphatic carbocycles. The number of benzene rings is 1. The van der Waals surface area contributed by atoms with Crippen LogP contribution >= 0.6 is 0 Å². The van der Waals surface area contributed by atoms with E-state index in [0.29, 0.717) is 38.0 Å². The first kappa shape index (κ1) is 19.8. The molecule has 0 radical (unpaired) electrons. The van der Waals surface area contributed by atoms with Crippen LogP contribution in [0, 0.1) is 5.92 Å². The summed E-state index contributed by atoms with van der Waals surface area (Å²) in [4.78, 5) is 26.0. The Kier molecular flexibility index (Phi) is 5.83. The van der Waals surface area contributed by atoms with Gasteiger partial charge in [-0.1, -0.05) is 0 Å². The number of rotatable bonds is 5. The van der Waals surface area contributed by atoms with Gasteiger partial charge in [-0.2, -0.15) is 17.0 Å². The van der Waals surface area contributed by atoms with Crippen molar-refractivity contribution >= 4 is 33.4 Å². The minimum Gasteiger partial charge on any atom is -0.326 e. The molecule has 2 aliphatic rings. The Balaban J connectivity index is 1.55. The fourth-order valence-corrected chi connectivity index (χ4v) is 4.60. The molecule has 2 saturated heterocycles. The van der Waals surface area contributed by atoms with Gasteiger partial charge < -0.3 is 10.2 Å². The normalized spacial score (nSPS) is 19.7. The number of nitrogens with one attached hydrogen (secondary N) is 1. The van der Waals surface area contributed by atoms with Crippen LogP contribution < -0.4 is 10.2 Å². The standard InChI is InChI=1S/C18H26N4O4S/c1-20(2)27(25,26)21-12-9-14(10-13-21)18(24)19-15-5-7-16(8-6-15)22-11-3-4-17(22)23/h5-8,14H,3-4,9-13H2,1-2H3,(H,19,24). The van der Waals surface area contributed by atoms with Crippen molar-refractivity contribution < 1.29 is 18.0 Å². The van der Waals surface area contributed by atoms with Gasteiger partial charge in [-0.05, 0) is 43.5 Å². The molecule has 2 aliphatic heterocycles. The highest BCUT2D eigenvalue weighted by molar-refractivity contribution is 7.86. The molecular weight excluding hydrogens is 368 g/mol. The van der Waals surface area contributed by atoms with E-state index >= 15 is 0 Å². The zero-order valence-electron chi connectivity index (χ0n) is 15.7. The molecule has 2 fully saturated rings. The molecule has 27 heavy (non-hydrogen) atoms. The average molecular weight is 394 g/mol. The summed E-state index contributed by atoms with van der Waals surface area (Å²) in [5.41, 5.74) is 1.52. The quantitative estimate of drug-likeness (QED) is 0.814. The number of hydrogen-bond acceptors (Lipinski definition) is 4. The van der Waals surface area contributed by atoms with Gasteiger partial charge in [0, 0.05) is 57.4 Å². The van der Waals surface area contributed by atoms with E-state index in [0.717, 1.165) is 18.7 Å². The topological polar surface area (TPSA) is 90.0 Å². The highest BCUT2D eigenvalue weighted by Crippen LogP contribution is 2.25. The maximum Gasteiger partial charge on any atom is 0.281 e. The average Bonchev–Trinajstić information content (AvgIpc) is 3.08. The second-order valence-electron chi connectivity index (χ2n) is 7.15. The van der Waals surface area contributed by atoms with Crippen molar-refractivity contribution in [3.8, 4) is 0 Å². The van der Waals surface area contributed by atoms with E-state index in [2.05, 4.69) is 5.32 Å². The van der Waals surface area contributed by atoms with Gasteiger partial charge in [0.2, 0.25) is 11.8 Å². The molecule has 0 saturated carbocycles. The van der Waals surface area contributed by atoms with Gasteiger partial charge >= 0.3 is 0 Å². The summed E-state index contributed by atoms with van der Waals surface area (Å²) < 4.78 is 26.9. The summed E-state index contributed by atoms with van der Waals surface area (Å²) in [7, 11) is -0.408. The third kappa shape index (κ3) is 4.31. The maximum absolute atomic E-state index is 12.5. The van der Waals surface area contributed by atoms with E-state index in [1.807, 2.05) is 12.1 Å². The maximum atomic E-state index is 12.5. The molecule has 3 rings (SSSR count). The van der Waals surface area contributed by atoms with Crippen molar-refractivity contribution in [3.63, 3.8) is 0 Å². The summed E-state index contributed by atoms with van der Waals surface area (Å²) >= 11 is 0. The lowest BCUT2D eigenvalue weighted by Gasteiger charge is -2.32. The molecule has 2 heterocycles. The van der Waals surface area contributed by atoms with Crippen LogP contribution in [-0.2, 0) is 19.8 Å². The molecule has 9 heteroatoms. The van der Waals surface area contributed by atoms with Crippen LogP contribution in [0.15, 0.2) is 24.3 Å². The number of hydrogen-bond donors (Lipinski definition) is 1. The third-order valence-electron chi connectivity index (χ3n) is 5.13. The summed E-state index contributed by atoms with van der Waals surface area (Å²) in [5, 5.41) is 2.90. The number of amides is 2. The minimum absolute atomic E-state index is 0.0955. The summed E-state index contributed by atoms with van der Waals surface area (Å²) in [6.07, 6.45) is 2.46. The first-order chi connectivity index (χ1) is 12.8.